The van der Waals surface area contributed by atoms with E-state index in [9.17, 15) is 4.79 Å². The van der Waals surface area contributed by atoms with Crippen LogP contribution in [0.15, 0.2) is 18.2 Å². The first-order valence-corrected chi connectivity index (χ1v) is 4.68. The monoisotopic (exact) mass is 192 g/mol. The molecule has 0 aromatic heterocycles. The molecule has 0 saturated heterocycles. The molecule has 0 unspecified atom stereocenters. The van der Waals surface area contributed by atoms with Crippen LogP contribution in [0.1, 0.15) is 28.4 Å². The van der Waals surface area contributed by atoms with Gasteiger partial charge >= 0.3 is 5.97 Å². The molecule has 3 nitrogen and oxygen atoms in total. The van der Waals surface area contributed by atoms with Crippen LogP contribution in [-0.4, -0.2) is 12.6 Å². The maximum atomic E-state index is 11.4. The molecule has 1 heterocycles. The molecule has 3 heteroatoms. The van der Waals surface area contributed by atoms with Gasteiger partial charge in [0.2, 0.25) is 0 Å². The van der Waals surface area contributed by atoms with Gasteiger partial charge in [0.15, 0.2) is 0 Å². The van der Waals surface area contributed by atoms with E-state index in [2.05, 4.69) is 0 Å². The van der Waals surface area contributed by atoms with Crippen molar-refractivity contribution in [2.24, 2.45) is 0 Å². The zero-order valence-corrected chi connectivity index (χ0v) is 8.08. The summed E-state index contributed by atoms with van der Waals surface area (Å²) in [6.45, 7) is 3.46. The van der Waals surface area contributed by atoms with Gasteiger partial charge in [0.25, 0.3) is 0 Å². The SMILES string of the molecule is CCOC(=O)c1ccc2c(c1)COC2. The van der Waals surface area contributed by atoms with Gasteiger partial charge in [-0.2, -0.15) is 0 Å². The van der Waals surface area contributed by atoms with E-state index in [4.69, 9.17) is 9.47 Å². The minimum absolute atomic E-state index is 0.262. The smallest absolute Gasteiger partial charge is 0.338 e. The molecule has 1 aliphatic rings. The van der Waals surface area contributed by atoms with Crippen LogP contribution in [0.5, 0.6) is 0 Å². The van der Waals surface area contributed by atoms with Gasteiger partial charge in [-0.05, 0) is 30.2 Å². The molecule has 0 aliphatic carbocycles. The number of rotatable bonds is 2. The molecule has 0 bridgehead atoms. The van der Waals surface area contributed by atoms with Gasteiger partial charge in [0.05, 0.1) is 25.4 Å². The third-order valence-electron chi connectivity index (χ3n) is 2.23. The van der Waals surface area contributed by atoms with Crippen molar-refractivity contribution >= 4 is 5.97 Å². The number of esters is 1. The molecule has 1 aromatic carbocycles. The predicted molar refractivity (Wildman–Crippen MR) is 50.9 cm³/mol. The Labute approximate surface area is 82.6 Å². The number of hydrogen-bond donors (Lipinski definition) is 0. The van der Waals surface area contributed by atoms with E-state index in [1.807, 2.05) is 12.1 Å². The van der Waals surface area contributed by atoms with Crippen molar-refractivity contribution in [3.63, 3.8) is 0 Å². The Kier molecular flexibility index (Phi) is 2.50. The van der Waals surface area contributed by atoms with Crippen molar-refractivity contribution in [3.05, 3.63) is 34.9 Å². The molecule has 0 fully saturated rings. The summed E-state index contributed by atoms with van der Waals surface area (Å²) in [6, 6.07) is 5.56. The van der Waals surface area contributed by atoms with Crippen LogP contribution in [0.3, 0.4) is 0 Å². The van der Waals surface area contributed by atoms with E-state index >= 15 is 0 Å². The molecule has 2 rings (SSSR count). The lowest BCUT2D eigenvalue weighted by Gasteiger charge is -2.03. The maximum Gasteiger partial charge on any atom is 0.338 e. The Morgan fingerprint density at radius 2 is 2.21 bits per heavy atom. The van der Waals surface area contributed by atoms with E-state index in [0.29, 0.717) is 25.4 Å². The fourth-order valence-corrected chi connectivity index (χ4v) is 1.51. The van der Waals surface area contributed by atoms with Crippen LogP contribution in [0.4, 0.5) is 0 Å². The van der Waals surface area contributed by atoms with Gasteiger partial charge < -0.3 is 9.47 Å². The minimum atomic E-state index is -0.262. The molecule has 14 heavy (non-hydrogen) atoms. The molecular weight excluding hydrogens is 180 g/mol. The average molecular weight is 192 g/mol. The maximum absolute atomic E-state index is 11.4. The van der Waals surface area contributed by atoms with Crippen molar-refractivity contribution in [1.82, 2.24) is 0 Å². The number of carbonyl (C=O) groups is 1. The summed E-state index contributed by atoms with van der Waals surface area (Å²) in [5, 5.41) is 0. The highest BCUT2D eigenvalue weighted by Crippen LogP contribution is 2.21. The topological polar surface area (TPSA) is 35.5 Å². The van der Waals surface area contributed by atoms with E-state index in [1.54, 1.807) is 13.0 Å². The third kappa shape index (κ3) is 1.63. The molecule has 0 atom stereocenters. The summed E-state index contributed by atoms with van der Waals surface area (Å²) in [6.07, 6.45) is 0. The Hall–Kier alpha value is -1.35. The minimum Gasteiger partial charge on any atom is -0.462 e. The average Bonchev–Trinajstić information content (AvgIpc) is 2.64. The molecule has 0 saturated carbocycles. The fraction of sp³-hybridized carbons (Fsp3) is 0.364. The summed E-state index contributed by atoms with van der Waals surface area (Å²) < 4.78 is 10.2. The first-order valence-electron chi connectivity index (χ1n) is 4.68. The number of benzene rings is 1. The van der Waals surface area contributed by atoms with Crippen LogP contribution in [0.25, 0.3) is 0 Å². The molecule has 0 spiro atoms. The number of ether oxygens (including phenoxy) is 2. The molecule has 74 valence electrons. The number of carbonyl (C=O) groups excluding carboxylic acids is 1. The zero-order valence-electron chi connectivity index (χ0n) is 8.08. The Morgan fingerprint density at radius 1 is 1.43 bits per heavy atom. The Morgan fingerprint density at radius 3 is 3.00 bits per heavy atom. The second-order valence-electron chi connectivity index (χ2n) is 3.20. The normalized spacial score (nSPS) is 13.8. The van der Waals surface area contributed by atoms with E-state index < -0.39 is 0 Å². The van der Waals surface area contributed by atoms with E-state index in [1.165, 1.54) is 0 Å². The van der Waals surface area contributed by atoms with Crippen molar-refractivity contribution in [2.75, 3.05) is 6.61 Å². The van der Waals surface area contributed by atoms with Crippen molar-refractivity contribution < 1.29 is 14.3 Å². The second-order valence-corrected chi connectivity index (χ2v) is 3.20. The lowest BCUT2D eigenvalue weighted by atomic mass is 10.1. The van der Waals surface area contributed by atoms with Gasteiger partial charge in [0, 0.05) is 0 Å². The van der Waals surface area contributed by atoms with Gasteiger partial charge in [-0.3, -0.25) is 0 Å². The standard InChI is InChI=1S/C11H12O3/c1-2-14-11(12)8-3-4-9-6-13-7-10(9)5-8/h3-5H,2,6-7H2,1H3. The van der Waals surface area contributed by atoms with Gasteiger partial charge in [-0.1, -0.05) is 6.07 Å². The van der Waals surface area contributed by atoms with E-state index in [0.717, 1.165) is 11.1 Å². The molecule has 1 aromatic rings. The van der Waals surface area contributed by atoms with Crippen molar-refractivity contribution in [3.8, 4) is 0 Å². The second kappa shape index (κ2) is 3.80. The highest BCUT2D eigenvalue weighted by atomic mass is 16.5. The fourth-order valence-electron chi connectivity index (χ4n) is 1.51. The molecule has 0 amide bonds. The summed E-state index contributed by atoms with van der Waals surface area (Å²) in [4.78, 5) is 11.4. The highest BCUT2D eigenvalue weighted by Gasteiger charge is 2.14. The Bertz CT molecular complexity index is 358. The zero-order chi connectivity index (χ0) is 9.97. The largest absolute Gasteiger partial charge is 0.462 e. The predicted octanol–water partition coefficient (Wildman–Crippen LogP) is 1.89. The van der Waals surface area contributed by atoms with E-state index in [-0.39, 0.29) is 5.97 Å². The number of fused-ring (bicyclic) bond motifs is 1. The van der Waals surface area contributed by atoms with Gasteiger partial charge in [0.1, 0.15) is 0 Å². The summed E-state index contributed by atoms with van der Waals surface area (Å²) in [5.74, 6) is -0.262. The van der Waals surface area contributed by atoms with Gasteiger partial charge in [-0.25, -0.2) is 4.79 Å². The molecule has 0 radical (unpaired) electrons. The van der Waals surface area contributed by atoms with Crippen molar-refractivity contribution in [1.29, 1.82) is 0 Å². The highest BCUT2D eigenvalue weighted by molar-refractivity contribution is 5.89. The quantitative estimate of drug-likeness (QED) is 0.671. The van der Waals surface area contributed by atoms with Crippen LogP contribution in [0, 0.1) is 0 Å². The third-order valence-corrected chi connectivity index (χ3v) is 2.23. The first kappa shape index (κ1) is 9.21. The number of hydrogen-bond acceptors (Lipinski definition) is 3. The lowest BCUT2D eigenvalue weighted by Crippen LogP contribution is -2.05. The summed E-state index contributed by atoms with van der Waals surface area (Å²) >= 11 is 0. The van der Waals surface area contributed by atoms with Crippen molar-refractivity contribution in [2.45, 2.75) is 20.1 Å². The van der Waals surface area contributed by atoms with Gasteiger partial charge in [-0.15, -0.1) is 0 Å². The summed E-state index contributed by atoms with van der Waals surface area (Å²) in [7, 11) is 0. The summed E-state index contributed by atoms with van der Waals surface area (Å²) in [5.41, 5.74) is 2.87. The first-order chi connectivity index (χ1) is 6.81. The Balaban J connectivity index is 2.24. The van der Waals surface area contributed by atoms with Crippen LogP contribution in [0.2, 0.25) is 0 Å². The molecular formula is C11H12O3. The lowest BCUT2D eigenvalue weighted by molar-refractivity contribution is 0.0526. The molecule has 1 aliphatic heterocycles. The molecule has 0 N–H and O–H groups in total. The van der Waals surface area contributed by atoms with Crippen LogP contribution < -0.4 is 0 Å². The van der Waals surface area contributed by atoms with Crippen LogP contribution >= 0.6 is 0 Å². The van der Waals surface area contributed by atoms with Crippen LogP contribution in [-0.2, 0) is 22.7 Å².